The van der Waals surface area contributed by atoms with Crippen LogP contribution in [0.3, 0.4) is 0 Å². The summed E-state index contributed by atoms with van der Waals surface area (Å²) in [6.45, 7) is 1.94. The molecule has 1 aliphatic carbocycles. The van der Waals surface area contributed by atoms with Crippen LogP contribution < -0.4 is 20.5 Å². The number of nitrogens with two attached hydrogens (primary N) is 1. The van der Waals surface area contributed by atoms with Crippen LogP contribution in [0.1, 0.15) is 31.2 Å². The fourth-order valence-corrected chi connectivity index (χ4v) is 2.73. The summed E-state index contributed by atoms with van der Waals surface area (Å²) in [6, 6.07) is 3.92. The van der Waals surface area contributed by atoms with Crippen LogP contribution in [-0.4, -0.2) is 26.2 Å². The Morgan fingerprint density at radius 3 is 2.29 bits per heavy atom. The van der Waals surface area contributed by atoms with Crippen LogP contribution in [0.4, 0.5) is 5.69 Å². The lowest BCUT2D eigenvalue weighted by molar-refractivity contribution is -0.120. The molecular weight excluding hydrogens is 268 g/mol. The Kier molecular flexibility index (Phi) is 5.07. The van der Waals surface area contributed by atoms with Crippen LogP contribution in [0.2, 0.25) is 0 Å². The molecule has 116 valence electrons. The van der Waals surface area contributed by atoms with Gasteiger partial charge in [0, 0.05) is 23.7 Å². The molecule has 0 saturated heterocycles. The van der Waals surface area contributed by atoms with Crippen LogP contribution in [0.5, 0.6) is 11.5 Å². The first-order valence-electron chi connectivity index (χ1n) is 7.34. The lowest BCUT2D eigenvalue weighted by Crippen LogP contribution is -2.32. The number of amides is 1. The maximum atomic E-state index is 12.4. The van der Waals surface area contributed by atoms with Gasteiger partial charge in [-0.2, -0.15) is 0 Å². The molecule has 0 heterocycles. The zero-order valence-electron chi connectivity index (χ0n) is 12.9. The largest absolute Gasteiger partial charge is 0.493 e. The van der Waals surface area contributed by atoms with Gasteiger partial charge in [-0.3, -0.25) is 4.79 Å². The van der Waals surface area contributed by atoms with Crippen molar-refractivity contribution in [2.75, 3.05) is 19.5 Å². The molecule has 0 radical (unpaired) electrons. The molecule has 1 saturated carbocycles. The van der Waals surface area contributed by atoms with Gasteiger partial charge in [0.2, 0.25) is 5.91 Å². The van der Waals surface area contributed by atoms with E-state index in [4.69, 9.17) is 15.2 Å². The van der Waals surface area contributed by atoms with Crippen molar-refractivity contribution in [3.63, 3.8) is 0 Å². The van der Waals surface area contributed by atoms with Gasteiger partial charge in [0.05, 0.1) is 14.2 Å². The van der Waals surface area contributed by atoms with E-state index >= 15 is 0 Å². The Hall–Kier alpha value is -1.75. The lowest BCUT2D eigenvalue weighted by atomic mass is 9.86. The van der Waals surface area contributed by atoms with E-state index in [1.165, 1.54) is 0 Å². The molecule has 1 aromatic rings. The minimum atomic E-state index is 0.0531. The van der Waals surface area contributed by atoms with Gasteiger partial charge in [-0.05, 0) is 44.2 Å². The summed E-state index contributed by atoms with van der Waals surface area (Å²) in [6.07, 6.45) is 3.56. The molecule has 0 bridgehead atoms. The third kappa shape index (κ3) is 3.67. The van der Waals surface area contributed by atoms with Crippen LogP contribution in [0.15, 0.2) is 12.1 Å². The standard InChI is InChI=1S/C16H24N2O3/c1-10-8-14(20-2)15(21-3)9-13(10)18-16(19)11-4-6-12(17)7-5-11/h8-9,11-12H,4-7,17H2,1-3H3,(H,18,19). The van der Waals surface area contributed by atoms with E-state index in [0.29, 0.717) is 11.5 Å². The summed E-state index contributed by atoms with van der Waals surface area (Å²) < 4.78 is 10.5. The number of methoxy groups -OCH3 is 2. The first kappa shape index (κ1) is 15.6. The normalized spacial score (nSPS) is 21.7. The molecule has 2 rings (SSSR count). The fraction of sp³-hybridized carbons (Fsp3) is 0.562. The van der Waals surface area contributed by atoms with Gasteiger partial charge in [0.1, 0.15) is 0 Å². The fourth-order valence-electron chi connectivity index (χ4n) is 2.73. The van der Waals surface area contributed by atoms with E-state index in [1.807, 2.05) is 13.0 Å². The van der Waals surface area contributed by atoms with Crippen LogP contribution in [0.25, 0.3) is 0 Å². The van der Waals surface area contributed by atoms with E-state index in [0.717, 1.165) is 36.9 Å². The number of carbonyl (C=O) groups is 1. The number of ether oxygens (including phenoxy) is 2. The van der Waals surface area contributed by atoms with Crippen molar-refractivity contribution in [2.24, 2.45) is 11.7 Å². The molecule has 0 aliphatic heterocycles. The molecule has 1 aliphatic rings. The van der Waals surface area contributed by atoms with Crippen molar-refractivity contribution in [3.05, 3.63) is 17.7 Å². The van der Waals surface area contributed by atoms with Gasteiger partial charge in [-0.25, -0.2) is 0 Å². The minimum absolute atomic E-state index is 0.0531. The maximum Gasteiger partial charge on any atom is 0.227 e. The molecule has 0 atom stereocenters. The molecule has 1 fully saturated rings. The number of hydrogen-bond donors (Lipinski definition) is 2. The van der Waals surface area contributed by atoms with Gasteiger partial charge in [-0.15, -0.1) is 0 Å². The van der Waals surface area contributed by atoms with E-state index in [1.54, 1.807) is 20.3 Å². The number of carbonyl (C=O) groups excluding carboxylic acids is 1. The first-order valence-corrected chi connectivity index (χ1v) is 7.34. The molecule has 1 aromatic carbocycles. The smallest absolute Gasteiger partial charge is 0.227 e. The van der Waals surface area contributed by atoms with E-state index in [9.17, 15) is 4.79 Å². The van der Waals surface area contributed by atoms with Gasteiger partial charge in [0.15, 0.2) is 11.5 Å². The predicted molar refractivity (Wildman–Crippen MR) is 82.8 cm³/mol. The minimum Gasteiger partial charge on any atom is -0.493 e. The number of hydrogen-bond acceptors (Lipinski definition) is 4. The maximum absolute atomic E-state index is 12.4. The third-order valence-electron chi connectivity index (χ3n) is 4.13. The van der Waals surface area contributed by atoms with Crippen molar-refractivity contribution < 1.29 is 14.3 Å². The molecule has 1 amide bonds. The van der Waals surface area contributed by atoms with Crippen LogP contribution >= 0.6 is 0 Å². The number of nitrogens with one attached hydrogen (secondary N) is 1. The van der Waals surface area contributed by atoms with Crippen molar-refractivity contribution >= 4 is 11.6 Å². The average molecular weight is 292 g/mol. The average Bonchev–Trinajstić information content (AvgIpc) is 2.49. The third-order valence-corrected chi connectivity index (χ3v) is 4.13. The zero-order chi connectivity index (χ0) is 15.4. The summed E-state index contributed by atoms with van der Waals surface area (Å²) in [5.74, 6) is 1.40. The zero-order valence-corrected chi connectivity index (χ0v) is 12.9. The van der Waals surface area contributed by atoms with Crippen molar-refractivity contribution in [1.82, 2.24) is 0 Å². The summed E-state index contributed by atoms with van der Waals surface area (Å²) >= 11 is 0. The van der Waals surface area contributed by atoms with Crippen molar-refractivity contribution in [1.29, 1.82) is 0 Å². The molecule has 0 aromatic heterocycles. The van der Waals surface area contributed by atoms with Gasteiger partial charge >= 0.3 is 0 Å². The molecule has 0 spiro atoms. The van der Waals surface area contributed by atoms with Gasteiger partial charge < -0.3 is 20.5 Å². The van der Waals surface area contributed by atoms with Gasteiger partial charge in [-0.1, -0.05) is 0 Å². The Bertz CT molecular complexity index is 508. The summed E-state index contributed by atoms with van der Waals surface area (Å²) in [4.78, 5) is 12.4. The highest BCUT2D eigenvalue weighted by atomic mass is 16.5. The van der Waals surface area contributed by atoms with Crippen LogP contribution in [-0.2, 0) is 4.79 Å². The second-order valence-corrected chi connectivity index (χ2v) is 5.62. The SMILES string of the molecule is COc1cc(C)c(NC(=O)C2CCC(N)CC2)cc1OC. The highest BCUT2D eigenvalue weighted by Crippen LogP contribution is 2.33. The highest BCUT2D eigenvalue weighted by molar-refractivity contribution is 5.93. The summed E-state index contributed by atoms with van der Waals surface area (Å²) in [5.41, 5.74) is 7.60. The molecule has 5 heteroatoms. The number of aryl methyl sites for hydroxylation is 1. The van der Waals surface area contributed by atoms with E-state index in [2.05, 4.69) is 5.32 Å². The Balaban J connectivity index is 2.10. The Morgan fingerprint density at radius 2 is 1.71 bits per heavy atom. The van der Waals surface area contributed by atoms with E-state index < -0.39 is 0 Å². The number of anilines is 1. The molecule has 3 N–H and O–H groups in total. The van der Waals surface area contributed by atoms with Crippen molar-refractivity contribution in [3.8, 4) is 11.5 Å². The molecular formula is C16H24N2O3. The first-order chi connectivity index (χ1) is 10.0. The van der Waals surface area contributed by atoms with E-state index in [-0.39, 0.29) is 17.9 Å². The predicted octanol–water partition coefficient (Wildman–Crippen LogP) is 2.47. The topological polar surface area (TPSA) is 73.6 Å². The second kappa shape index (κ2) is 6.80. The Labute approximate surface area is 125 Å². The molecule has 0 unspecified atom stereocenters. The lowest BCUT2D eigenvalue weighted by Gasteiger charge is -2.25. The van der Waals surface area contributed by atoms with Gasteiger partial charge in [0.25, 0.3) is 0 Å². The quantitative estimate of drug-likeness (QED) is 0.894. The molecule has 5 nitrogen and oxygen atoms in total. The van der Waals surface area contributed by atoms with Crippen molar-refractivity contribution in [2.45, 2.75) is 38.6 Å². The number of rotatable bonds is 4. The number of benzene rings is 1. The second-order valence-electron chi connectivity index (χ2n) is 5.62. The van der Waals surface area contributed by atoms with Crippen LogP contribution in [0, 0.1) is 12.8 Å². The summed E-state index contributed by atoms with van der Waals surface area (Å²) in [5, 5.41) is 3.01. The highest BCUT2D eigenvalue weighted by Gasteiger charge is 2.25. The monoisotopic (exact) mass is 292 g/mol. The summed E-state index contributed by atoms with van der Waals surface area (Å²) in [7, 11) is 3.18. The Morgan fingerprint density at radius 1 is 1.14 bits per heavy atom. The molecule has 21 heavy (non-hydrogen) atoms.